The predicted octanol–water partition coefficient (Wildman–Crippen LogP) is 3.60. The number of halogens is 1. The average molecular weight is 313 g/mol. The van der Waals surface area contributed by atoms with Gasteiger partial charge in [0.25, 0.3) is 0 Å². The molecule has 1 aromatic heterocycles. The summed E-state index contributed by atoms with van der Waals surface area (Å²) >= 11 is 6.37. The lowest BCUT2D eigenvalue weighted by Crippen LogP contribution is -2.52. The van der Waals surface area contributed by atoms with E-state index in [9.17, 15) is 0 Å². The van der Waals surface area contributed by atoms with E-state index >= 15 is 0 Å². The lowest BCUT2D eigenvalue weighted by atomic mass is 9.90. The van der Waals surface area contributed by atoms with Crippen molar-refractivity contribution in [3.63, 3.8) is 0 Å². The van der Waals surface area contributed by atoms with Crippen molar-refractivity contribution in [1.82, 2.24) is 14.7 Å². The normalized spacial score (nSPS) is 19.5. The van der Waals surface area contributed by atoms with Gasteiger partial charge in [0.05, 0.1) is 23.0 Å². The van der Waals surface area contributed by atoms with E-state index in [1.54, 1.807) is 6.20 Å². The molecule has 1 fully saturated rings. The van der Waals surface area contributed by atoms with E-state index in [2.05, 4.69) is 30.8 Å². The van der Waals surface area contributed by atoms with Crippen LogP contribution < -0.4 is 5.73 Å². The summed E-state index contributed by atoms with van der Waals surface area (Å²) in [5.41, 5.74) is 7.51. The second kappa shape index (κ2) is 7.12. The van der Waals surface area contributed by atoms with E-state index in [0.29, 0.717) is 5.02 Å². The van der Waals surface area contributed by atoms with Gasteiger partial charge in [-0.2, -0.15) is 5.10 Å². The van der Waals surface area contributed by atoms with E-state index in [1.165, 1.54) is 25.7 Å². The number of aromatic nitrogens is 2. The Morgan fingerprint density at radius 3 is 2.48 bits per heavy atom. The monoisotopic (exact) mass is 312 g/mol. The number of nitrogens with two attached hydrogens (primary N) is 1. The van der Waals surface area contributed by atoms with Crippen LogP contribution in [0.15, 0.2) is 6.20 Å². The molecule has 120 valence electrons. The van der Waals surface area contributed by atoms with Crippen LogP contribution in [-0.4, -0.2) is 33.3 Å². The summed E-state index contributed by atoms with van der Waals surface area (Å²) < 4.78 is 1.98. The zero-order valence-corrected chi connectivity index (χ0v) is 14.4. The van der Waals surface area contributed by atoms with E-state index in [-0.39, 0.29) is 11.6 Å². The van der Waals surface area contributed by atoms with Gasteiger partial charge >= 0.3 is 0 Å². The smallest absolute Gasteiger partial charge is 0.0834 e. The van der Waals surface area contributed by atoms with Gasteiger partial charge in [-0.05, 0) is 46.2 Å². The second-order valence-electron chi connectivity index (χ2n) is 6.63. The molecule has 0 radical (unpaired) electrons. The number of hydrogen-bond donors (Lipinski definition) is 1. The largest absolute Gasteiger partial charge is 0.321 e. The first-order valence-electron chi connectivity index (χ1n) is 8.20. The highest BCUT2D eigenvalue weighted by atomic mass is 35.5. The minimum absolute atomic E-state index is 0.112. The standard InChI is InChI=1S/C16H29ClN4/c1-4-9-21-14(13(17)12-19-21)15(18)16(2,3)20-10-7-5-6-8-11-20/h12,15H,4-11,18H2,1-3H3. The van der Waals surface area contributed by atoms with Crippen molar-refractivity contribution >= 4 is 11.6 Å². The van der Waals surface area contributed by atoms with Crippen molar-refractivity contribution in [2.24, 2.45) is 5.73 Å². The Balaban J connectivity index is 2.24. The van der Waals surface area contributed by atoms with Gasteiger partial charge in [-0.25, -0.2) is 0 Å². The molecule has 0 bridgehead atoms. The second-order valence-corrected chi connectivity index (χ2v) is 7.04. The maximum Gasteiger partial charge on any atom is 0.0834 e. The summed E-state index contributed by atoms with van der Waals surface area (Å²) in [6, 6.07) is -0.128. The van der Waals surface area contributed by atoms with E-state index in [0.717, 1.165) is 31.7 Å². The Hall–Kier alpha value is -0.580. The van der Waals surface area contributed by atoms with Crippen molar-refractivity contribution in [2.45, 2.75) is 71.0 Å². The zero-order valence-electron chi connectivity index (χ0n) is 13.6. The van der Waals surface area contributed by atoms with Crippen molar-refractivity contribution in [3.8, 4) is 0 Å². The molecular formula is C16H29ClN4. The Labute approximate surface area is 133 Å². The third-order valence-electron chi connectivity index (χ3n) is 4.75. The minimum atomic E-state index is -0.128. The fourth-order valence-electron chi connectivity index (χ4n) is 3.25. The maximum atomic E-state index is 6.64. The summed E-state index contributed by atoms with van der Waals surface area (Å²) in [7, 11) is 0. The number of aryl methyl sites for hydroxylation is 1. The maximum absolute atomic E-state index is 6.64. The van der Waals surface area contributed by atoms with Gasteiger partial charge in [-0.1, -0.05) is 31.4 Å². The molecule has 21 heavy (non-hydrogen) atoms. The summed E-state index contributed by atoms with van der Waals surface area (Å²) in [5, 5.41) is 5.08. The summed E-state index contributed by atoms with van der Waals surface area (Å²) in [6.07, 6.45) is 7.94. The molecule has 2 rings (SSSR count). The van der Waals surface area contributed by atoms with E-state index < -0.39 is 0 Å². The van der Waals surface area contributed by atoms with E-state index in [1.807, 2.05) is 4.68 Å². The van der Waals surface area contributed by atoms with Gasteiger partial charge < -0.3 is 5.73 Å². The van der Waals surface area contributed by atoms with Gasteiger partial charge in [0.2, 0.25) is 0 Å². The Kier molecular flexibility index (Phi) is 5.69. The molecule has 1 saturated heterocycles. The summed E-state index contributed by atoms with van der Waals surface area (Å²) in [4.78, 5) is 2.53. The molecule has 4 nitrogen and oxygen atoms in total. The Bertz CT molecular complexity index is 447. The van der Waals surface area contributed by atoms with Crippen LogP contribution in [0.5, 0.6) is 0 Å². The molecule has 2 N–H and O–H groups in total. The quantitative estimate of drug-likeness (QED) is 0.903. The van der Waals surface area contributed by atoms with Crippen LogP contribution in [-0.2, 0) is 6.54 Å². The third kappa shape index (κ3) is 3.61. The molecule has 1 aliphatic heterocycles. The number of rotatable bonds is 5. The summed E-state index contributed by atoms with van der Waals surface area (Å²) in [6.45, 7) is 9.74. The van der Waals surface area contributed by atoms with Crippen molar-refractivity contribution in [3.05, 3.63) is 16.9 Å². The van der Waals surface area contributed by atoms with Gasteiger partial charge in [-0.15, -0.1) is 0 Å². The molecule has 1 unspecified atom stereocenters. The first-order chi connectivity index (χ1) is 9.98. The van der Waals surface area contributed by atoms with Crippen LogP contribution in [0.4, 0.5) is 0 Å². The van der Waals surface area contributed by atoms with Crippen LogP contribution >= 0.6 is 11.6 Å². The SMILES string of the molecule is CCCn1ncc(Cl)c1C(N)C(C)(C)N1CCCCCC1. The number of hydrogen-bond acceptors (Lipinski definition) is 3. The molecule has 0 amide bonds. The minimum Gasteiger partial charge on any atom is -0.321 e. The van der Waals surface area contributed by atoms with Crippen LogP contribution in [0, 0.1) is 0 Å². The molecule has 0 spiro atoms. The van der Waals surface area contributed by atoms with Gasteiger partial charge in [-0.3, -0.25) is 9.58 Å². The third-order valence-corrected chi connectivity index (χ3v) is 5.04. The predicted molar refractivity (Wildman–Crippen MR) is 88.6 cm³/mol. The van der Waals surface area contributed by atoms with Gasteiger partial charge in [0.15, 0.2) is 0 Å². The van der Waals surface area contributed by atoms with Crippen molar-refractivity contribution < 1.29 is 0 Å². The van der Waals surface area contributed by atoms with Crippen molar-refractivity contribution in [1.29, 1.82) is 0 Å². The van der Waals surface area contributed by atoms with Crippen LogP contribution in [0.3, 0.4) is 0 Å². The Morgan fingerprint density at radius 1 is 1.29 bits per heavy atom. The highest BCUT2D eigenvalue weighted by Gasteiger charge is 2.37. The highest BCUT2D eigenvalue weighted by Crippen LogP contribution is 2.34. The number of nitrogens with zero attached hydrogens (tertiary/aromatic N) is 3. The lowest BCUT2D eigenvalue weighted by molar-refractivity contribution is 0.0948. The molecule has 5 heteroatoms. The fourth-order valence-corrected chi connectivity index (χ4v) is 3.51. The van der Waals surface area contributed by atoms with Crippen molar-refractivity contribution in [2.75, 3.05) is 13.1 Å². The molecule has 0 aliphatic carbocycles. The van der Waals surface area contributed by atoms with Gasteiger partial charge in [0.1, 0.15) is 0 Å². The molecule has 2 heterocycles. The lowest BCUT2D eigenvalue weighted by Gasteiger charge is -2.42. The average Bonchev–Trinajstić information content (AvgIpc) is 2.68. The van der Waals surface area contributed by atoms with Crippen LogP contribution in [0.25, 0.3) is 0 Å². The first-order valence-corrected chi connectivity index (χ1v) is 8.58. The molecular weight excluding hydrogens is 284 g/mol. The highest BCUT2D eigenvalue weighted by molar-refractivity contribution is 6.31. The van der Waals surface area contributed by atoms with Gasteiger partial charge in [0, 0.05) is 12.1 Å². The van der Waals surface area contributed by atoms with Crippen LogP contribution in [0.2, 0.25) is 5.02 Å². The number of likely N-dealkylation sites (tertiary alicyclic amines) is 1. The molecule has 1 aromatic rings. The van der Waals surface area contributed by atoms with Crippen LogP contribution in [0.1, 0.15) is 64.6 Å². The zero-order chi connectivity index (χ0) is 15.5. The van der Waals surface area contributed by atoms with E-state index in [4.69, 9.17) is 17.3 Å². The summed E-state index contributed by atoms with van der Waals surface area (Å²) in [5.74, 6) is 0. The first kappa shape index (κ1) is 16.8. The molecule has 1 aliphatic rings. The molecule has 0 aromatic carbocycles. The molecule has 1 atom stereocenters. The topological polar surface area (TPSA) is 47.1 Å². The molecule has 0 saturated carbocycles. The Morgan fingerprint density at radius 2 is 1.90 bits per heavy atom. The fraction of sp³-hybridized carbons (Fsp3) is 0.812.